The molecule has 0 aliphatic carbocycles. The van der Waals surface area contributed by atoms with Gasteiger partial charge >= 0.3 is 0 Å². The molecular weight excluding hydrogens is 263 g/mol. The molecule has 20 heavy (non-hydrogen) atoms. The van der Waals surface area contributed by atoms with Crippen LogP contribution in [-0.4, -0.2) is 36.4 Å². The van der Waals surface area contributed by atoms with E-state index in [1.165, 1.54) is 19.3 Å². The lowest BCUT2D eigenvalue weighted by atomic mass is 10.2. The zero-order chi connectivity index (χ0) is 15.1. The van der Waals surface area contributed by atoms with E-state index in [4.69, 9.17) is 0 Å². The second-order valence-electron chi connectivity index (χ2n) is 4.50. The van der Waals surface area contributed by atoms with Crippen molar-refractivity contribution in [2.75, 3.05) is 18.9 Å². The van der Waals surface area contributed by atoms with Crippen molar-refractivity contribution in [3.05, 3.63) is 23.6 Å². The smallest absolute Gasteiger partial charge is 0.254 e. The molecule has 3 N–H and O–H groups in total. The Hall–Kier alpha value is -2.18. The zero-order valence-electron chi connectivity index (χ0n) is 11.8. The molecule has 0 fully saturated rings. The van der Waals surface area contributed by atoms with Crippen LogP contribution in [0.4, 0.5) is 10.2 Å². The molecule has 0 saturated carbocycles. The maximum atomic E-state index is 13.8. The lowest BCUT2D eigenvalue weighted by Gasteiger charge is -2.10. The molecule has 0 spiro atoms. The van der Waals surface area contributed by atoms with E-state index in [0.717, 1.165) is 0 Å². The average molecular weight is 282 g/mol. The number of hydrogen-bond donors (Lipinski definition) is 3. The zero-order valence-corrected chi connectivity index (χ0v) is 11.8. The van der Waals surface area contributed by atoms with Crippen LogP contribution in [0.1, 0.15) is 30.6 Å². The summed E-state index contributed by atoms with van der Waals surface area (Å²) in [7, 11) is 1.52. The lowest BCUT2D eigenvalue weighted by Crippen LogP contribution is -2.34. The van der Waals surface area contributed by atoms with Crippen LogP contribution in [0, 0.1) is 5.82 Å². The predicted octanol–water partition coefficient (Wildman–Crippen LogP) is 0.907. The average Bonchev–Trinajstić information content (AvgIpc) is 2.37. The summed E-state index contributed by atoms with van der Waals surface area (Å²) in [6.45, 7) is 3.85. The second-order valence-corrected chi connectivity index (χ2v) is 4.50. The van der Waals surface area contributed by atoms with Crippen molar-refractivity contribution in [2.24, 2.45) is 0 Å². The third-order valence-corrected chi connectivity index (χ3v) is 2.46. The van der Waals surface area contributed by atoms with Gasteiger partial charge in [0.05, 0.1) is 5.56 Å². The highest BCUT2D eigenvalue weighted by molar-refractivity contribution is 5.95. The van der Waals surface area contributed by atoms with Crippen molar-refractivity contribution in [1.82, 2.24) is 15.6 Å². The number of pyridine rings is 1. The molecule has 6 nitrogen and oxygen atoms in total. The van der Waals surface area contributed by atoms with Crippen LogP contribution in [0.5, 0.6) is 0 Å². The van der Waals surface area contributed by atoms with Crippen LogP contribution in [0.25, 0.3) is 0 Å². The molecule has 1 aromatic heterocycles. The summed E-state index contributed by atoms with van der Waals surface area (Å²) in [4.78, 5) is 26.9. The van der Waals surface area contributed by atoms with Crippen molar-refractivity contribution < 1.29 is 14.0 Å². The van der Waals surface area contributed by atoms with E-state index < -0.39 is 11.7 Å². The monoisotopic (exact) mass is 282 g/mol. The number of halogens is 1. The highest BCUT2D eigenvalue weighted by Crippen LogP contribution is 2.13. The van der Waals surface area contributed by atoms with Crippen LogP contribution >= 0.6 is 0 Å². The number of rotatable bonds is 6. The number of carbonyl (C=O) groups excluding carboxylic acids is 2. The Bertz CT molecular complexity index is 491. The highest BCUT2D eigenvalue weighted by atomic mass is 19.1. The third-order valence-electron chi connectivity index (χ3n) is 2.46. The van der Waals surface area contributed by atoms with Gasteiger partial charge < -0.3 is 16.0 Å². The van der Waals surface area contributed by atoms with Crippen LogP contribution < -0.4 is 16.0 Å². The highest BCUT2D eigenvalue weighted by Gasteiger charge is 2.15. The summed E-state index contributed by atoms with van der Waals surface area (Å²) in [5.41, 5.74) is -0.103. The molecular formula is C13H19FN4O2. The molecule has 0 aliphatic heterocycles. The molecule has 0 saturated heterocycles. The first-order chi connectivity index (χ1) is 9.45. The van der Waals surface area contributed by atoms with E-state index in [1.807, 2.05) is 13.8 Å². The molecule has 0 aromatic carbocycles. The van der Waals surface area contributed by atoms with Crippen LogP contribution in [0.15, 0.2) is 12.3 Å². The summed E-state index contributed by atoms with van der Waals surface area (Å²) in [6, 6.07) is 1.34. The molecule has 1 rings (SSSR count). The van der Waals surface area contributed by atoms with Gasteiger partial charge in [-0.3, -0.25) is 9.59 Å². The first kappa shape index (κ1) is 15.9. The van der Waals surface area contributed by atoms with Crippen molar-refractivity contribution >= 4 is 17.6 Å². The minimum atomic E-state index is -0.709. The summed E-state index contributed by atoms with van der Waals surface area (Å²) in [5, 5.41) is 7.76. The second kappa shape index (κ2) is 7.42. The fraction of sp³-hybridized carbons (Fsp3) is 0.462. The van der Waals surface area contributed by atoms with Crippen LogP contribution in [0.2, 0.25) is 0 Å². The van der Waals surface area contributed by atoms with E-state index >= 15 is 0 Å². The number of nitrogens with one attached hydrogen (secondary N) is 3. The van der Waals surface area contributed by atoms with E-state index in [9.17, 15) is 14.0 Å². The van der Waals surface area contributed by atoms with Gasteiger partial charge in [-0.05, 0) is 19.9 Å². The Morgan fingerprint density at radius 2 is 2.10 bits per heavy atom. The van der Waals surface area contributed by atoms with E-state index in [1.54, 1.807) is 0 Å². The number of nitrogens with zero attached hydrogens (tertiary/aromatic N) is 1. The molecule has 2 amide bonds. The largest absolute Gasteiger partial charge is 0.371 e. The van der Waals surface area contributed by atoms with Crippen LogP contribution in [-0.2, 0) is 4.79 Å². The third kappa shape index (κ3) is 4.49. The van der Waals surface area contributed by atoms with Gasteiger partial charge in [-0.2, -0.15) is 0 Å². The molecule has 1 heterocycles. The maximum absolute atomic E-state index is 13.8. The minimum absolute atomic E-state index is 0.00945. The fourth-order valence-electron chi connectivity index (χ4n) is 1.57. The molecule has 0 aliphatic rings. The van der Waals surface area contributed by atoms with Gasteiger partial charge in [0.15, 0.2) is 11.6 Å². The Balaban J connectivity index is 2.54. The normalized spacial score (nSPS) is 10.2. The fourth-order valence-corrected chi connectivity index (χ4v) is 1.57. The number of carbonyl (C=O) groups is 2. The molecule has 0 bridgehead atoms. The van der Waals surface area contributed by atoms with E-state index in [-0.39, 0.29) is 36.3 Å². The summed E-state index contributed by atoms with van der Waals surface area (Å²) in [6.07, 6.45) is 1.49. The molecule has 1 aromatic rings. The predicted molar refractivity (Wildman–Crippen MR) is 74.0 cm³/mol. The maximum Gasteiger partial charge on any atom is 0.254 e. The van der Waals surface area contributed by atoms with E-state index in [0.29, 0.717) is 0 Å². The van der Waals surface area contributed by atoms with Gasteiger partial charge in [-0.25, -0.2) is 9.37 Å². The van der Waals surface area contributed by atoms with Gasteiger partial charge in [0.25, 0.3) is 5.91 Å². The number of amides is 2. The topological polar surface area (TPSA) is 83.1 Å². The first-order valence-electron chi connectivity index (χ1n) is 6.35. The molecule has 0 atom stereocenters. The summed E-state index contributed by atoms with van der Waals surface area (Å²) >= 11 is 0. The molecule has 0 radical (unpaired) electrons. The Labute approximate surface area is 117 Å². The quantitative estimate of drug-likeness (QED) is 0.724. The Kier molecular flexibility index (Phi) is 5.89. The van der Waals surface area contributed by atoms with E-state index in [2.05, 4.69) is 20.9 Å². The van der Waals surface area contributed by atoms with Crippen molar-refractivity contribution in [1.29, 1.82) is 0 Å². The number of aromatic nitrogens is 1. The van der Waals surface area contributed by atoms with Gasteiger partial charge in [0.1, 0.15) is 0 Å². The van der Waals surface area contributed by atoms with Gasteiger partial charge in [0.2, 0.25) is 5.91 Å². The molecule has 7 heteroatoms. The van der Waals surface area contributed by atoms with Gasteiger partial charge in [-0.1, -0.05) is 0 Å². The van der Waals surface area contributed by atoms with Crippen molar-refractivity contribution in [3.8, 4) is 0 Å². The van der Waals surface area contributed by atoms with Gasteiger partial charge in [0, 0.05) is 32.3 Å². The number of anilines is 1. The minimum Gasteiger partial charge on any atom is -0.371 e. The van der Waals surface area contributed by atoms with Crippen molar-refractivity contribution in [2.45, 2.75) is 26.3 Å². The first-order valence-corrected chi connectivity index (χ1v) is 6.35. The summed E-state index contributed by atoms with van der Waals surface area (Å²) in [5.74, 6) is -1.43. The Morgan fingerprint density at radius 3 is 2.70 bits per heavy atom. The SMILES string of the molecule is CNc1nccc(C(=O)NCCC(=O)NC(C)C)c1F. The lowest BCUT2D eigenvalue weighted by molar-refractivity contribution is -0.121. The molecule has 110 valence electrons. The Morgan fingerprint density at radius 1 is 1.40 bits per heavy atom. The van der Waals surface area contributed by atoms with Crippen LogP contribution in [0.3, 0.4) is 0 Å². The van der Waals surface area contributed by atoms with Gasteiger partial charge in [-0.15, -0.1) is 0 Å². The van der Waals surface area contributed by atoms with Crippen molar-refractivity contribution in [3.63, 3.8) is 0 Å². The summed E-state index contributed by atoms with van der Waals surface area (Å²) < 4.78 is 13.8. The number of hydrogen-bond acceptors (Lipinski definition) is 4. The standard InChI is InChI=1S/C13H19FN4O2/c1-8(2)18-10(19)5-7-17-13(20)9-4-6-16-12(15-3)11(9)14/h4,6,8H,5,7H2,1-3H3,(H,15,16)(H,17,20)(H,18,19). The molecule has 0 unspecified atom stereocenters.